The number of hydrogen-bond acceptors (Lipinski definition) is 5. The molecule has 0 aliphatic heterocycles. The van der Waals surface area contributed by atoms with Gasteiger partial charge in [-0.2, -0.15) is 0 Å². The molecule has 1 aromatic heterocycles. The third kappa shape index (κ3) is 4.73. The summed E-state index contributed by atoms with van der Waals surface area (Å²) in [4.78, 5) is 17.0. The molecule has 138 valence electrons. The minimum Gasteiger partial charge on any atom is -0.463 e. The molecule has 1 aromatic carbocycles. The average Bonchev–Trinajstić information content (AvgIpc) is 3.20. The highest BCUT2D eigenvalue weighted by molar-refractivity contribution is 6.02. The standard InChI is InChI=1S/C20H24N2O4/c1-2-24-13-14-26-20(22-19(23)18-11-6-12-25-18)21-17-10-5-8-15-7-3-4-9-16(15)17/h3-4,6-7,9,11-12,17H,2,5,8,10,13-14H2,1H3,(H,21,22,23)/t17-/m0/s1. The van der Waals surface area contributed by atoms with E-state index in [1.165, 1.54) is 17.4 Å². The number of nitrogens with one attached hydrogen (secondary N) is 1. The molecule has 0 bridgehead atoms. The van der Waals surface area contributed by atoms with Crippen LogP contribution in [0.2, 0.25) is 0 Å². The molecule has 1 heterocycles. The number of nitrogens with zero attached hydrogens (tertiary/aromatic N) is 1. The number of rotatable bonds is 6. The van der Waals surface area contributed by atoms with Crippen LogP contribution in [-0.4, -0.2) is 31.7 Å². The number of hydrogen-bond donors (Lipinski definition) is 1. The van der Waals surface area contributed by atoms with Crippen molar-refractivity contribution in [1.29, 1.82) is 0 Å². The number of amides is 1. The largest absolute Gasteiger partial charge is 0.463 e. The maximum absolute atomic E-state index is 12.3. The molecule has 0 fully saturated rings. The summed E-state index contributed by atoms with van der Waals surface area (Å²) in [5.41, 5.74) is 2.50. The summed E-state index contributed by atoms with van der Waals surface area (Å²) >= 11 is 0. The number of furan rings is 1. The quantitative estimate of drug-likeness (QED) is 0.488. The van der Waals surface area contributed by atoms with Gasteiger partial charge in [0, 0.05) is 6.61 Å². The van der Waals surface area contributed by atoms with Crippen LogP contribution in [0.4, 0.5) is 0 Å². The van der Waals surface area contributed by atoms with Gasteiger partial charge >= 0.3 is 0 Å². The highest BCUT2D eigenvalue weighted by Crippen LogP contribution is 2.32. The Morgan fingerprint density at radius 1 is 1.27 bits per heavy atom. The summed E-state index contributed by atoms with van der Waals surface area (Å²) in [7, 11) is 0. The maximum atomic E-state index is 12.3. The molecule has 0 spiro atoms. The zero-order chi connectivity index (χ0) is 18.2. The second-order valence-electron chi connectivity index (χ2n) is 6.02. The molecular formula is C20H24N2O4. The van der Waals surface area contributed by atoms with E-state index >= 15 is 0 Å². The van der Waals surface area contributed by atoms with Crippen molar-refractivity contribution in [2.45, 2.75) is 32.2 Å². The van der Waals surface area contributed by atoms with Gasteiger partial charge in [0.25, 0.3) is 11.9 Å². The minimum atomic E-state index is -0.380. The van der Waals surface area contributed by atoms with Gasteiger partial charge in [0.1, 0.15) is 6.61 Å². The first kappa shape index (κ1) is 18.2. The normalized spacial score (nSPS) is 16.8. The zero-order valence-corrected chi connectivity index (χ0v) is 14.9. The predicted octanol–water partition coefficient (Wildman–Crippen LogP) is 3.50. The van der Waals surface area contributed by atoms with Crippen LogP contribution in [-0.2, 0) is 15.9 Å². The molecule has 0 saturated carbocycles. The summed E-state index contributed by atoms with van der Waals surface area (Å²) < 4.78 is 16.1. The van der Waals surface area contributed by atoms with E-state index in [9.17, 15) is 4.79 Å². The van der Waals surface area contributed by atoms with Crippen LogP contribution >= 0.6 is 0 Å². The smallest absolute Gasteiger partial charge is 0.294 e. The fourth-order valence-electron chi connectivity index (χ4n) is 3.02. The number of fused-ring (bicyclic) bond motifs is 1. The molecule has 1 aliphatic rings. The number of carbonyl (C=O) groups excluding carboxylic acids is 1. The Morgan fingerprint density at radius 2 is 2.15 bits per heavy atom. The lowest BCUT2D eigenvalue weighted by atomic mass is 9.88. The molecule has 1 amide bonds. The highest BCUT2D eigenvalue weighted by atomic mass is 16.5. The van der Waals surface area contributed by atoms with Gasteiger partial charge in [-0.25, -0.2) is 4.99 Å². The SMILES string of the molecule is CCOCCOC(=N[C@H]1CCCc2ccccc21)NC(=O)c1ccco1. The topological polar surface area (TPSA) is 73.1 Å². The first-order valence-electron chi connectivity index (χ1n) is 8.99. The Labute approximate surface area is 153 Å². The minimum absolute atomic E-state index is 0.0288. The summed E-state index contributed by atoms with van der Waals surface area (Å²) in [6.45, 7) is 3.30. The number of aliphatic imine (C=N–C) groups is 1. The van der Waals surface area contributed by atoms with E-state index in [-0.39, 0.29) is 23.7 Å². The van der Waals surface area contributed by atoms with Crippen LogP contribution in [0.15, 0.2) is 52.1 Å². The predicted molar refractivity (Wildman–Crippen MR) is 98.2 cm³/mol. The van der Waals surface area contributed by atoms with E-state index in [1.807, 2.05) is 19.1 Å². The molecule has 3 rings (SSSR count). The molecule has 26 heavy (non-hydrogen) atoms. The van der Waals surface area contributed by atoms with E-state index in [2.05, 4.69) is 22.4 Å². The molecule has 0 unspecified atom stereocenters. The monoisotopic (exact) mass is 356 g/mol. The fraction of sp³-hybridized carbons (Fsp3) is 0.400. The summed E-state index contributed by atoms with van der Waals surface area (Å²) in [5, 5.41) is 2.71. The molecule has 6 heteroatoms. The van der Waals surface area contributed by atoms with Crippen LogP contribution in [0.3, 0.4) is 0 Å². The molecule has 2 aromatic rings. The van der Waals surface area contributed by atoms with Crippen LogP contribution in [0.25, 0.3) is 0 Å². The number of aryl methyl sites for hydroxylation is 1. The van der Waals surface area contributed by atoms with Crippen LogP contribution < -0.4 is 5.32 Å². The third-order valence-corrected chi connectivity index (χ3v) is 4.25. The lowest BCUT2D eigenvalue weighted by molar-refractivity contribution is 0.0899. The Morgan fingerprint density at radius 3 is 2.96 bits per heavy atom. The van der Waals surface area contributed by atoms with E-state index in [0.717, 1.165) is 19.3 Å². The maximum Gasteiger partial charge on any atom is 0.294 e. The number of benzene rings is 1. The first-order valence-corrected chi connectivity index (χ1v) is 8.99. The van der Waals surface area contributed by atoms with Gasteiger partial charge in [-0.1, -0.05) is 24.3 Å². The van der Waals surface area contributed by atoms with Gasteiger partial charge in [0.05, 0.1) is 18.9 Å². The van der Waals surface area contributed by atoms with E-state index in [1.54, 1.807) is 12.1 Å². The molecule has 0 saturated heterocycles. The van der Waals surface area contributed by atoms with Crippen molar-refractivity contribution in [3.63, 3.8) is 0 Å². The Hall–Kier alpha value is -2.60. The molecule has 1 N–H and O–H groups in total. The lowest BCUT2D eigenvalue weighted by Crippen LogP contribution is -2.34. The van der Waals surface area contributed by atoms with Gasteiger partial charge in [-0.05, 0) is 49.4 Å². The molecular weight excluding hydrogens is 332 g/mol. The average molecular weight is 356 g/mol. The van der Waals surface area contributed by atoms with Crippen molar-refractivity contribution >= 4 is 11.9 Å². The van der Waals surface area contributed by atoms with Crippen molar-refractivity contribution in [2.75, 3.05) is 19.8 Å². The lowest BCUT2D eigenvalue weighted by Gasteiger charge is -2.23. The van der Waals surface area contributed by atoms with Crippen LogP contribution in [0.1, 0.15) is 47.5 Å². The third-order valence-electron chi connectivity index (χ3n) is 4.25. The van der Waals surface area contributed by atoms with Crippen LogP contribution in [0.5, 0.6) is 0 Å². The first-order chi connectivity index (χ1) is 12.8. The van der Waals surface area contributed by atoms with Gasteiger partial charge < -0.3 is 13.9 Å². The molecule has 6 nitrogen and oxygen atoms in total. The van der Waals surface area contributed by atoms with E-state index < -0.39 is 0 Å². The molecule has 1 aliphatic carbocycles. The Kier molecular flexibility index (Phi) is 6.44. The highest BCUT2D eigenvalue weighted by Gasteiger charge is 2.21. The molecule has 1 atom stereocenters. The van der Waals surface area contributed by atoms with Crippen molar-refractivity contribution in [3.05, 3.63) is 59.5 Å². The Balaban J connectivity index is 1.76. The van der Waals surface area contributed by atoms with E-state index in [4.69, 9.17) is 13.9 Å². The van der Waals surface area contributed by atoms with Gasteiger partial charge in [-0.15, -0.1) is 0 Å². The fourth-order valence-corrected chi connectivity index (χ4v) is 3.02. The number of amidine groups is 1. The Bertz CT molecular complexity index is 740. The van der Waals surface area contributed by atoms with Gasteiger partial charge in [0.2, 0.25) is 0 Å². The van der Waals surface area contributed by atoms with Crippen LogP contribution in [0, 0.1) is 0 Å². The second kappa shape index (κ2) is 9.20. The zero-order valence-electron chi connectivity index (χ0n) is 14.9. The van der Waals surface area contributed by atoms with Crippen molar-refractivity contribution < 1.29 is 18.7 Å². The van der Waals surface area contributed by atoms with Gasteiger partial charge in [0.15, 0.2) is 5.76 Å². The van der Waals surface area contributed by atoms with Crippen molar-refractivity contribution in [3.8, 4) is 0 Å². The number of ether oxygens (including phenoxy) is 2. The summed E-state index contributed by atoms with van der Waals surface area (Å²) in [5.74, 6) is -0.163. The molecule has 0 radical (unpaired) electrons. The van der Waals surface area contributed by atoms with Crippen molar-refractivity contribution in [2.24, 2.45) is 4.99 Å². The summed E-state index contributed by atoms with van der Waals surface area (Å²) in [6.07, 6.45) is 4.50. The van der Waals surface area contributed by atoms with E-state index in [0.29, 0.717) is 19.8 Å². The number of carbonyl (C=O) groups is 1. The van der Waals surface area contributed by atoms with Gasteiger partial charge in [-0.3, -0.25) is 10.1 Å². The van der Waals surface area contributed by atoms with Crippen molar-refractivity contribution in [1.82, 2.24) is 5.32 Å². The second-order valence-corrected chi connectivity index (χ2v) is 6.02. The summed E-state index contributed by atoms with van der Waals surface area (Å²) in [6, 6.07) is 11.7.